The van der Waals surface area contributed by atoms with Crippen LogP contribution in [-0.2, 0) is 17.9 Å². The molecule has 1 fully saturated rings. The first kappa shape index (κ1) is 16.9. The average Bonchev–Trinajstić information content (AvgIpc) is 3.24. The maximum absolute atomic E-state index is 12.0. The summed E-state index contributed by atoms with van der Waals surface area (Å²) in [7, 11) is 0. The number of aryl methyl sites for hydroxylation is 1. The number of nitrogens with one attached hydrogen (secondary N) is 1. The minimum absolute atomic E-state index is 0.0444. The highest BCUT2D eigenvalue weighted by Crippen LogP contribution is 2.17. The van der Waals surface area contributed by atoms with Gasteiger partial charge in [-0.1, -0.05) is 24.3 Å². The van der Waals surface area contributed by atoms with Crippen LogP contribution in [0.15, 0.2) is 42.5 Å². The molecular formula is C20H24N2OS. The normalized spacial score (nSPS) is 15.2. The molecular weight excluding hydrogens is 316 g/mol. The Hall–Kier alpha value is -1.91. The van der Waals surface area contributed by atoms with Crippen molar-refractivity contribution in [1.29, 1.82) is 0 Å². The lowest BCUT2D eigenvalue weighted by atomic mass is 10.1. The summed E-state index contributed by atoms with van der Waals surface area (Å²) in [5.41, 5.74) is 2.52. The fourth-order valence-corrected chi connectivity index (χ4v) is 3.79. The molecule has 2 heterocycles. The number of likely N-dealkylation sites (tertiary alicyclic amines) is 1. The number of carbonyl (C=O) groups is 1. The SMILES string of the molecule is Cc1ccc(/C=C/C(=O)NCc2ccccc2CN2CCCC2)s1. The second-order valence-corrected chi connectivity index (χ2v) is 7.57. The van der Waals surface area contributed by atoms with Crippen LogP contribution in [0.2, 0.25) is 0 Å². The van der Waals surface area contributed by atoms with Crippen LogP contribution in [0, 0.1) is 6.92 Å². The second kappa shape index (κ2) is 8.27. The quantitative estimate of drug-likeness (QED) is 0.807. The van der Waals surface area contributed by atoms with Gasteiger partial charge in [0.1, 0.15) is 0 Å². The molecule has 1 N–H and O–H groups in total. The molecule has 1 aliphatic rings. The minimum Gasteiger partial charge on any atom is -0.348 e. The molecule has 24 heavy (non-hydrogen) atoms. The van der Waals surface area contributed by atoms with Gasteiger partial charge in [0, 0.05) is 28.9 Å². The van der Waals surface area contributed by atoms with E-state index in [0.29, 0.717) is 6.54 Å². The van der Waals surface area contributed by atoms with Gasteiger partial charge in [-0.25, -0.2) is 0 Å². The third-order valence-electron chi connectivity index (χ3n) is 4.32. The lowest BCUT2D eigenvalue weighted by Crippen LogP contribution is -2.23. The van der Waals surface area contributed by atoms with Crippen molar-refractivity contribution in [3.63, 3.8) is 0 Å². The summed E-state index contributed by atoms with van der Waals surface area (Å²) >= 11 is 1.69. The van der Waals surface area contributed by atoms with E-state index in [1.165, 1.54) is 41.9 Å². The number of rotatable bonds is 6. The van der Waals surface area contributed by atoms with Gasteiger partial charge in [-0.15, -0.1) is 11.3 Å². The van der Waals surface area contributed by atoms with Crippen LogP contribution in [0.25, 0.3) is 6.08 Å². The van der Waals surface area contributed by atoms with Gasteiger partial charge in [-0.05, 0) is 62.2 Å². The number of hydrogen-bond acceptors (Lipinski definition) is 3. The van der Waals surface area contributed by atoms with Crippen LogP contribution in [0.3, 0.4) is 0 Å². The van der Waals surface area contributed by atoms with E-state index < -0.39 is 0 Å². The van der Waals surface area contributed by atoms with E-state index in [0.717, 1.165) is 11.4 Å². The Morgan fingerprint density at radius 2 is 1.92 bits per heavy atom. The topological polar surface area (TPSA) is 32.3 Å². The second-order valence-electron chi connectivity index (χ2n) is 6.25. The van der Waals surface area contributed by atoms with Crippen LogP contribution in [0.4, 0.5) is 0 Å². The molecule has 0 aliphatic carbocycles. The highest BCUT2D eigenvalue weighted by molar-refractivity contribution is 7.12. The van der Waals surface area contributed by atoms with E-state index in [2.05, 4.69) is 41.4 Å². The first-order chi connectivity index (χ1) is 11.7. The van der Waals surface area contributed by atoms with Crippen molar-refractivity contribution in [2.45, 2.75) is 32.9 Å². The summed E-state index contributed by atoms with van der Waals surface area (Å²) in [6.07, 6.45) is 6.09. The number of amides is 1. The Kier molecular flexibility index (Phi) is 5.83. The molecule has 0 radical (unpaired) electrons. The van der Waals surface area contributed by atoms with Crippen LogP contribution in [0.5, 0.6) is 0 Å². The van der Waals surface area contributed by atoms with Gasteiger partial charge < -0.3 is 5.32 Å². The van der Waals surface area contributed by atoms with Gasteiger partial charge in [0.15, 0.2) is 0 Å². The van der Waals surface area contributed by atoms with Crippen molar-refractivity contribution < 1.29 is 4.79 Å². The Labute approximate surface area is 148 Å². The average molecular weight is 340 g/mol. The fourth-order valence-electron chi connectivity index (χ4n) is 3.01. The summed E-state index contributed by atoms with van der Waals surface area (Å²) in [4.78, 5) is 16.9. The Morgan fingerprint density at radius 1 is 1.17 bits per heavy atom. The monoisotopic (exact) mass is 340 g/mol. The van der Waals surface area contributed by atoms with Gasteiger partial charge in [0.25, 0.3) is 0 Å². The predicted octanol–water partition coefficient (Wildman–Crippen LogP) is 3.98. The molecule has 1 aliphatic heterocycles. The summed E-state index contributed by atoms with van der Waals surface area (Å²) in [6, 6.07) is 12.5. The summed E-state index contributed by atoms with van der Waals surface area (Å²) in [6.45, 7) is 6.00. The minimum atomic E-state index is -0.0444. The number of thiophene rings is 1. The Balaban J connectivity index is 1.55. The summed E-state index contributed by atoms with van der Waals surface area (Å²) in [5, 5.41) is 3.00. The maximum atomic E-state index is 12.0. The van der Waals surface area contributed by atoms with Crippen molar-refractivity contribution in [3.05, 3.63) is 63.4 Å². The van der Waals surface area contributed by atoms with Crippen molar-refractivity contribution in [2.24, 2.45) is 0 Å². The fraction of sp³-hybridized carbons (Fsp3) is 0.350. The number of hydrogen-bond donors (Lipinski definition) is 1. The van der Waals surface area contributed by atoms with Crippen molar-refractivity contribution in [2.75, 3.05) is 13.1 Å². The van der Waals surface area contributed by atoms with Gasteiger partial charge in [-0.2, -0.15) is 0 Å². The highest BCUT2D eigenvalue weighted by atomic mass is 32.1. The number of carbonyl (C=O) groups excluding carboxylic acids is 1. The first-order valence-electron chi connectivity index (χ1n) is 8.52. The van der Waals surface area contributed by atoms with Gasteiger partial charge >= 0.3 is 0 Å². The Bertz CT molecular complexity index is 714. The molecule has 0 spiro atoms. The maximum Gasteiger partial charge on any atom is 0.244 e. The van der Waals surface area contributed by atoms with Gasteiger partial charge in [0.05, 0.1) is 0 Å². The molecule has 0 saturated carbocycles. The van der Waals surface area contributed by atoms with E-state index in [1.807, 2.05) is 18.2 Å². The molecule has 126 valence electrons. The van der Waals surface area contributed by atoms with Crippen molar-refractivity contribution in [1.82, 2.24) is 10.2 Å². The van der Waals surface area contributed by atoms with Gasteiger partial charge in [0.2, 0.25) is 5.91 Å². The smallest absolute Gasteiger partial charge is 0.244 e. The Morgan fingerprint density at radius 3 is 2.62 bits per heavy atom. The molecule has 0 bridgehead atoms. The molecule has 3 nitrogen and oxygen atoms in total. The zero-order chi connectivity index (χ0) is 16.8. The lowest BCUT2D eigenvalue weighted by Gasteiger charge is -2.17. The molecule has 0 unspecified atom stereocenters. The summed E-state index contributed by atoms with van der Waals surface area (Å²) < 4.78 is 0. The molecule has 1 saturated heterocycles. The van der Waals surface area contributed by atoms with Crippen LogP contribution in [0.1, 0.15) is 33.7 Å². The molecule has 1 aromatic carbocycles. The van der Waals surface area contributed by atoms with E-state index in [9.17, 15) is 4.79 Å². The molecule has 1 amide bonds. The largest absolute Gasteiger partial charge is 0.348 e. The molecule has 4 heteroatoms. The van der Waals surface area contributed by atoms with Crippen LogP contribution < -0.4 is 5.32 Å². The number of benzene rings is 1. The zero-order valence-electron chi connectivity index (χ0n) is 14.1. The lowest BCUT2D eigenvalue weighted by molar-refractivity contribution is -0.116. The first-order valence-corrected chi connectivity index (χ1v) is 9.34. The van der Waals surface area contributed by atoms with Crippen LogP contribution >= 0.6 is 11.3 Å². The highest BCUT2D eigenvalue weighted by Gasteiger charge is 2.13. The van der Waals surface area contributed by atoms with Crippen molar-refractivity contribution in [3.8, 4) is 0 Å². The third kappa shape index (κ3) is 4.79. The van der Waals surface area contributed by atoms with Crippen LogP contribution in [-0.4, -0.2) is 23.9 Å². The molecule has 2 aromatic rings. The van der Waals surface area contributed by atoms with E-state index in [-0.39, 0.29) is 5.91 Å². The predicted molar refractivity (Wildman–Crippen MR) is 101 cm³/mol. The zero-order valence-corrected chi connectivity index (χ0v) is 14.9. The third-order valence-corrected chi connectivity index (χ3v) is 5.29. The summed E-state index contributed by atoms with van der Waals surface area (Å²) in [5.74, 6) is -0.0444. The van der Waals surface area contributed by atoms with E-state index in [4.69, 9.17) is 0 Å². The van der Waals surface area contributed by atoms with Gasteiger partial charge in [-0.3, -0.25) is 9.69 Å². The molecule has 1 aromatic heterocycles. The molecule has 3 rings (SSSR count). The number of nitrogens with zero attached hydrogens (tertiary/aromatic N) is 1. The van der Waals surface area contributed by atoms with E-state index in [1.54, 1.807) is 17.4 Å². The van der Waals surface area contributed by atoms with Crippen molar-refractivity contribution >= 4 is 23.3 Å². The molecule has 0 atom stereocenters. The standard InChI is InChI=1S/C20H24N2OS/c1-16-8-9-19(24-16)10-11-20(23)21-14-17-6-2-3-7-18(17)15-22-12-4-5-13-22/h2-3,6-11H,4-5,12-15H2,1H3,(H,21,23)/b11-10+. The van der Waals surface area contributed by atoms with E-state index >= 15 is 0 Å².